The molecule has 2 nitrogen and oxygen atoms in total. The number of hydrogen-bond donors (Lipinski definition) is 0. The summed E-state index contributed by atoms with van der Waals surface area (Å²) in [5.41, 5.74) is 5.46. The minimum Gasteiger partial charge on any atom is -0.348 e. The first-order valence-electron chi connectivity index (χ1n) is 9.88. The van der Waals surface area contributed by atoms with Crippen LogP contribution in [0.1, 0.15) is 92.5 Å². The van der Waals surface area contributed by atoms with Crippen molar-refractivity contribution >= 4 is 5.78 Å². The van der Waals surface area contributed by atoms with E-state index in [-0.39, 0.29) is 0 Å². The molecule has 0 saturated heterocycles. The van der Waals surface area contributed by atoms with Gasteiger partial charge >= 0.3 is 0 Å². The van der Waals surface area contributed by atoms with Gasteiger partial charge < -0.3 is 4.57 Å². The van der Waals surface area contributed by atoms with Crippen LogP contribution in [0.15, 0.2) is 0 Å². The molecule has 126 valence electrons. The van der Waals surface area contributed by atoms with E-state index in [0.717, 1.165) is 36.3 Å². The van der Waals surface area contributed by atoms with E-state index in [2.05, 4.69) is 18.4 Å². The fraction of sp³-hybridized carbons (Fsp3) is 0.762. The van der Waals surface area contributed by atoms with Gasteiger partial charge in [-0.25, -0.2) is 0 Å². The highest BCUT2D eigenvalue weighted by Gasteiger charge is 2.56. The Balaban J connectivity index is 1.63. The van der Waals surface area contributed by atoms with Crippen molar-refractivity contribution < 1.29 is 4.79 Å². The molecule has 2 fully saturated rings. The number of nitrogens with zero attached hydrogens (tertiary/aromatic N) is 1. The van der Waals surface area contributed by atoms with E-state index in [1.807, 2.05) is 0 Å². The molecule has 1 aromatic rings. The molecule has 3 atom stereocenters. The predicted molar refractivity (Wildman–Crippen MR) is 94.1 cm³/mol. The number of Topliss-reactive ketones (excluding diaryl/α,β-unsaturated/α-hetero) is 1. The summed E-state index contributed by atoms with van der Waals surface area (Å²) >= 11 is 0. The molecule has 23 heavy (non-hydrogen) atoms. The Labute approximate surface area is 140 Å². The lowest BCUT2D eigenvalue weighted by Crippen LogP contribution is -2.14. The van der Waals surface area contributed by atoms with Crippen LogP contribution in [0.5, 0.6) is 0 Å². The number of ketones is 1. The SMILES string of the molecule is CCc1c(C(C)=O)c2c(n1CCC1CCCCC1)CC1C(C)C21. The lowest BCUT2D eigenvalue weighted by atomic mass is 9.87. The van der Waals surface area contributed by atoms with Crippen LogP contribution in [0.2, 0.25) is 0 Å². The summed E-state index contributed by atoms with van der Waals surface area (Å²) in [5, 5.41) is 0. The average molecular weight is 313 g/mol. The molecule has 3 unspecified atom stereocenters. The van der Waals surface area contributed by atoms with Gasteiger partial charge in [-0.2, -0.15) is 0 Å². The Morgan fingerprint density at radius 2 is 1.96 bits per heavy atom. The van der Waals surface area contributed by atoms with Gasteiger partial charge in [0.2, 0.25) is 0 Å². The molecule has 0 bridgehead atoms. The van der Waals surface area contributed by atoms with Crippen molar-refractivity contribution in [1.82, 2.24) is 4.57 Å². The second-order valence-corrected chi connectivity index (χ2v) is 8.29. The van der Waals surface area contributed by atoms with Crippen LogP contribution in [0, 0.1) is 17.8 Å². The van der Waals surface area contributed by atoms with Crippen LogP contribution in [0.25, 0.3) is 0 Å². The zero-order valence-electron chi connectivity index (χ0n) is 15.0. The molecule has 3 aliphatic rings. The molecule has 0 amide bonds. The maximum atomic E-state index is 12.4. The predicted octanol–water partition coefficient (Wildman–Crippen LogP) is 5.13. The zero-order valence-corrected chi connectivity index (χ0v) is 15.0. The molecule has 2 saturated carbocycles. The van der Waals surface area contributed by atoms with Crippen LogP contribution in [-0.2, 0) is 19.4 Å². The Morgan fingerprint density at radius 1 is 1.22 bits per heavy atom. The highest BCUT2D eigenvalue weighted by atomic mass is 16.1. The third-order valence-electron chi connectivity index (χ3n) is 7.02. The van der Waals surface area contributed by atoms with Gasteiger partial charge in [0.15, 0.2) is 5.78 Å². The maximum absolute atomic E-state index is 12.4. The Bertz CT molecular complexity index is 620. The smallest absolute Gasteiger partial charge is 0.161 e. The zero-order chi connectivity index (χ0) is 16.1. The van der Waals surface area contributed by atoms with E-state index < -0.39 is 0 Å². The van der Waals surface area contributed by atoms with E-state index in [1.54, 1.807) is 6.92 Å². The summed E-state index contributed by atoms with van der Waals surface area (Å²) in [6, 6.07) is 0. The molecule has 0 N–H and O–H groups in total. The van der Waals surface area contributed by atoms with Crippen LogP contribution < -0.4 is 0 Å². The second kappa shape index (κ2) is 5.79. The number of carbonyl (C=O) groups excluding carboxylic acids is 1. The molecule has 3 aliphatic carbocycles. The standard InChI is InChI=1S/C21H31NO/c1-4-17-20(14(3)23)21-18(12-16-13(2)19(16)21)22(17)11-10-15-8-6-5-7-9-15/h13,15-16,19H,4-12H2,1-3H3. The van der Waals surface area contributed by atoms with Gasteiger partial charge in [0, 0.05) is 23.5 Å². The largest absolute Gasteiger partial charge is 0.348 e. The van der Waals surface area contributed by atoms with Gasteiger partial charge in [0.1, 0.15) is 0 Å². The Hall–Kier alpha value is -1.05. The highest BCUT2D eigenvalue weighted by molar-refractivity contribution is 5.98. The van der Waals surface area contributed by atoms with Crippen LogP contribution in [0.3, 0.4) is 0 Å². The lowest BCUT2D eigenvalue weighted by Gasteiger charge is -2.23. The molecule has 0 aliphatic heterocycles. The summed E-state index contributed by atoms with van der Waals surface area (Å²) in [5.74, 6) is 3.56. The first-order chi connectivity index (χ1) is 11.1. The molecular weight excluding hydrogens is 282 g/mol. The van der Waals surface area contributed by atoms with Crippen molar-refractivity contribution in [2.24, 2.45) is 17.8 Å². The summed E-state index contributed by atoms with van der Waals surface area (Å²) < 4.78 is 2.58. The molecule has 1 heterocycles. The fourth-order valence-electron chi connectivity index (χ4n) is 5.70. The van der Waals surface area contributed by atoms with Crippen molar-refractivity contribution in [3.05, 3.63) is 22.5 Å². The summed E-state index contributed by atoms with van der Waals surface area (Å²) in [6.45, 7) is 7.52. The monoisotopic (exact) mass is 313 g/mol. The van der Waals surface area contributed by atoms with Crippen molar-refractivity contribution in [2.75, 3.05) is 0 Å². The van der Waals surface area contributed by atoms with Crippen molar-refractivity contribution in [2.45, 2.75) is 84.6 Å². The minimum atomic E-state index is 0.300. The summed E-state index contributed by atoms with van der Waals surface area (Å²) in [6.07, 6.45) is 10.7. The molecule has 0 aromatic carbocycles. The topological polar surface area (TPSA) is 22.0 Å². The minimum absolute atomic E-state index is 0.300. The summed E-state index contributed by atoms with van der Waals surface area (Å²) in [7, 11) is 0. The average Bonchev–Trinajstić information content (AvgIpc) is 2.91. The first kappa shape index (κ1) is 15.5. The number of hydrogen-bond acceptors (Lipinski definition) is 1. The van der Waals surface area contributed by atoms with E-state index in [1.165, 1.54) is 61.9 Å². The second-order valence-electron chi connectivity index (χ2n) is 8.29. The first-order valence-corrected chi connectivity index (χ1v) is 9.88. The molecular formula is C21H31NO. The normalized spacial score (nSPS) is 29.4. The Morgan fingerprint density at radius 3 is 2.61 bits per heavy atom. The molecule has 2 heteroatoms. The third kappa shape index (κ3) is 2.40. The molecule has 4 rings (SSSR count). The van der Waals surface area contributed by atoms with Crippen LogP contribution in [-0.4, -0.2) is 10.4 Å². The highest BCUT2D eigenvalue weighted by Crippen LogP contribution is 2.63. The van der Waals surface area contributed by atoms with E-state index >= 15 is 0 Å². The van der Waals surface area contributed by atoms with Gasteiger partial charge in [-0.1, -0.05) is 46.0 Å². The molecule has 0 radical (unpaired) electrons. The van der Waals surface area contributed by atoms with E-state index in [4.69, 9.17) is 0 Å². The number of fused-ring (bicyclic) bond motifs is 3. The van der Waals surface area contributed by atoms with Crippen LogP contribution in [0.4, 0.5) is 0 Å². The van der Waals surface area contributed by atoms with Gasteiger partial charge in [0.05, 0.1) is 0 Å². The maximum Gasteiger partial charge on any atom is 0.161 e. The van der Waals surface area contributed by atoms with Crippen molar-refractivity contribution in [1.29, 1.82) is 0 Å². The molecule has 1 aromatic heterocycles. The third-order valence-corrected chi connectivity index (χ3v) is 7.02. The van der Waals surface area contributed by atoms with Crippen LogP contribution >= 0.6 is 0 Å². The summed E-state index contributed by atoms with van der Waals surface area (Å²) in [4.78, 5) is 12.4. The van der Waals surface area contributed by atoms with Crippen molar-refractivity contribution in [3.8, 4) is 0 Å². The van der Waals surface area contributed by atoms with Gasteiger partial charge in [0.25, 0.3) is 0 Å². The van der Waals surface area contributed by atoms with Crippen molar-refractivity contribution in [3.63, 3.8) is 0 Å². The van der Waals surface area contributed by atoms with Gasteiger partial charge in [-0.05, 0) is 55.4 Å². The van der Waals surface area contributed by atoms with Gasteiger partial charge in [-0.3, -0.25) is 4.79 Å². The quantitative estimate of drug-likeness (QED) is 0.691. The molecule has 0 spiro atoms. The van der Waals surface area contributed by atoms with E-state index in [9.17, 15) is 4.79 Å². The number of rotatable bonds is 5. The lowest BCUT2D eigenvalue weighted by molar-refractivity contribution is 0.101. The fourth-order valence-corrected chi connectivity index (χ4v) is 5.70. The van der Waals surface area contributed by atoms with E-state index in [0.29, 0.717) is 11.7 Å². The Kier molecular flexibility index (Phi) is 3.90. The van der Waals surface area contributed by atoms with Gasteiger partial charge in [-0.15, -0.1) is 0 Å². The number of aromatic nitrogens is 1. The number of carbonyl (C=O) groups is 1.